The van der Waals surface area contributed by atoms with E-state index in [-0.39, 0.29) is 0 Å². The van der Waals surface area contributed by atoms with Crippen molar-refractivity contribution in [1.82, 2.24) is 0 Å². The summed E-state index contributed by atoms with van der Waals surface area (Å²) in [5, 5.41) is 4.99. The highest BCUT2D eigenvalue weighted by atomic mass is 79.9. The quantitative estimate of drug-likeness (QED) is 0.412. The first kappa shape index (κ1) is 11.1. The smallest absolute Gasteiger partial charge is 0.0491 e. The van der Waals surface area contributed by atoms with Gasteiger partial charge in [0.2, 0.25) is 0 Å². The van der Waals surface area contributed by atoms with Crippen molar-refractivity contribution >= 4 is 49.1 Å². The molecule has 84 valence electrons. The Bertz CT molecular complexity index is 704. The van der Waals surface area contributed by atoms with E-state index in [1.54, 1.807) is 0 Å². The molecular weight excluding hydrogens is 296 g/mol. The molecule has 2 heteroatoms. The molecule has 0 bridgehead atoms. The van der Waals surface area contributed by atoms with Crippen molar-refractivity contribution in [3.05, 3.63) is 58.6 Å². The van der Waals surface area contributed by atoms with Crippen LogP contribution in [0.15, 0.2) is 53.0 Å². The summed E-state index contributed by atoms with van der Waals surface area (Å²) in [5.74, 6) is 0.520. The van der Waals surface area contributed by atoms with E-state index in [9.17, 15) is 0 Å². The number of fused-ring (bicyclic) bond motifs is 3. The number of alkyl halides is 1. The van der Waals surface area contributed by atoms with Crippen LogP contribution in [0, 0.1) is 0 Å². The largest absolute Gasteiger partial charge is 0.121 e. The maximum Gasteiger partial charge on any atom is 0.0491 e. The fourth-order valence-corrected chi connectivity index (χ4v) is 3.44. The molecule has 0 aliphatic heterocycles. The van der Waals surface area contributed by atoms with Crippen LogP contribution in [0.25, 0.3) is 21.5 Å². The fourth-order valence-electron chi connectivity index (χ4n) is 2.30. The minimum atomic E-state index is 0.520. The van der Waals surface area contributed by atoms with Gasteiger partial charge in [-0.2, -0.15) is 0 Å². The third-order valence-electron chi connectivity index (χ3n) is 3.10. The number of hydrogen-bond acceptors (Lipinski definition) is 0. The third kappa shape index (κ3) is 1.65. The Kier molecular flexibility index (Phi) is 2.81. The van der Waals surface area contributed by atoms with Gasteiger partial charge in [-0.05, 0) is 43.0 Å². The molecule has 0 fully saturated rings. The molecule has 0 aliphatic carbocycles. The van der Waals surface area contributed by atoms with Gasteiger partial charge < -0.3 is 0 Å². The highest BCUT2D eigenvalue weighted by Crippen LogP contribution is 2.36. The van der Waals surface area contributed by atoms with Gasteiger partial charge in [0.1, 0.15) is 0 Å². The molecule has 0 unspecified atom stereocenters. The molecule has 3 aromatic carbocycles. The molecule has 0 atom stereocenters. The van der Waals surface area contributed by atoms with Gasteiger partial charge in [-0.3, -0.25) is 0 Å². The predicted octanol–water partition coefficient (Wildman–Crippen LogP) is 5.49. The normalized spacial score (nSPS) is 11.2. The van der Waals surface area contributed by atoms with Gasteiger partial charge in [0.05, 0.1) is 0 Å². The topological polar surface area (TPSA) is 0 Å². The second-order valence-electron chi connectivity index (χ2n) is 4.02. The maximum atomic E-state index is 6.08. The highest BCUT2D eigenvalue weighted by molar-refractivity contribution is 9.10. The van der Waals surface area contributed by atoms with Gasteiger partial charge in [0, 0.05) is 10.4 Å². The van der Waals surface area contributed by atoms with E-state index in [4.69, 9.17) is 11.6 Å². The van der Waals surface area contributed by atoms with Crippen LogP contribution in [0.5, 0.6) is 0 Å². The summed E-state index contributed by atoms with van der Waals surface area (Å²) in [6.45, 7) is 0. The monoisotopic (exact) mass is 304 g/mol. The Balaban J connectivity index is 2.64. The average molecular weight is 306 g/mol. The van der Waals surface area contributed by atoms with Crippen LogP contribution in [0.4, 0.5) is 0 Å². The number of rotatable bonds is 1. The minimum Gasteiger partial charge on any atom is -0.121 e. The lowest BCUT2D eigenvalue weighted by atomic mass is 9.98. The number of benzene rings is 3. The van der Waals surface area contributed by atoms with Crippen molar-refractivity contribution in [2.75, 3.05) is 0 Å². The van der Waals surface area contributed by atoms with Gasteiger partial charge in [0.25, 0.3) is 0 Å². The molecule has 0 heterocycles. The van der Waals surface area contributed by atoms with Gasteiger partial charge in [-0.1, -0.05) is 48.5 Å². The molecule has 0 N–H and O–H groups in total. The van der Waals surface area contributed by atoms with Gasteiger partial charge in [-0.15, -0.1) is 11.6 Å². The van der Waals surface area contributed by atoms with Crippen LogP contribution in [0.1, 0.15) is 5.56 Å². The Morgan fingerprint density at radius 1 is 0.765 bits per heavy atom. The van der Waals surface area contributed by atoms with E-state index in [1.165, 1.54) is 27.1 Å². The number of halogens is 2. The molecule has 0 radical (unpaired) electrons. The van der Waals surface area contributed by atoms with E-state index >= 15 is 0 Å². The first-order valence-corrected chi connectivity index (χ1v) is 6.79. The van der Waals surface area contributed by atoms with Crippen LogP contribution < -0.4 is 0 Å². The zero-order valence-corrected chi connectivity index (χ0v) is 11.4. The maximum absolute atomic E-state index is 6.08. The molecule has 17 heavy (non-hydrogen) atoms. The lowest BCUT2D eigenvalue weighted by Crippen LogP contribution is -1.87. The molecule has 0 aromatic heterocycles. The van der Waals surface area contributed by atoms with Gasteiger partial charge in [-0.25, -0.2) is 0 Å². The Morgan fingerprint density at radius 2 is 1.24 bits per heavy atom. The Morgan fingerprint density at radius 3 is 1.82 bits per heavy atom. The predicted molar refractivity (Wildman–Crippen MR) is 78.7 cm³/mol. The summed E-state index contributed by atoms with van der Waals surface area (Å²) >= 11 is 9.76. The van der Waals surface area contributed by atoms with E-state index in [1.807, 2.05) is 0 Å². The number of hydrogen-bond donors (Lipinski definition) is 0. The average Bonchev–Trinajstić information content (AvgIpc) is 2.40. The molecule has 0 aliphatic rings. The Labute approximate surface area is 113 Å². The van der Waals surface area contributed by atoms with Crippen LogP contribution >= 0.6 is 27.5 Å². The first-order chi connectivity index (χ1) is 8.33. The van der Waals surface area contributed by atoms with E-state index in [0.717, 1.165) is 4.47 Å². The van der Waals surface area contributed by atoms with Crippen molar-refractivity contribution in [2.45, 2.75) is 5.88 Å². The zero-order chi connectivity index (χ0) is 11.8. The van der Waals surface area contributed by atoms with E-state index in [2.05, 4.69) is 64.5 Å². The third-order valence-corrected chi connectivity index (χ3v) is 4.28. The second kappa shape index (κ2) is 4.32. The van der Waals surface area contributed by atoms with Crippen molar-refractivity contribution in [2.24, 2.45) is 0 Å². The van der Waals surface area contributed by atoms with Crippen LogP contribution in [0.3, 0.4) is 0 Å². The molecule has 3 aromatic rings. The summed E-state index contributed by atoms with van der Waals surface area (Å²) < 4.78 is 1.11. The summed E-state index contributed by atoms with van der Waals surface area (Å²) in [4.78, 5) is 0. The van der Waals surface area contributed by atoms with Crippen molar-refractivity contribution in [1.29, 1.82) is 0 Å². The van der Waals surface area contributed by atoms with Gasteiger partial charge >= 0.3 is 0 Å². The first-order valence-electron chi connectivity index (χ1n) is 5.46. The molecule has 0 nitrogen and oxygen atoms in total. The highest BCUT2D eigenvalue weighted by Gasteiger charge is 2.10. The van der Waals surface area contributed by atoms with E-state index < -0.39 is 0 Å². The second-order valence-corrected chi connectivity index (χ2v) is 5.08. The van der Waals surface area contributed by atoms with Crippen molar-refractivity contribution in [3.63, 3.8) is 0 Å². The molecule has 0 amide bonds. The summed E-state index contributed by atoms with van der Waals surface area (Å²) in [6, 6.07) is 16.8. The van der Waals surface area contributed by atoms with E-state index in [0.29, 0.717) is 5.88 Å². The summed E-state index contributed by atoms with van der Waals surface area (Å²) in [5.41, 5.74) is 1.17. The summed E-state index contributed by atoms with van der Waals surface area (Å²) in [7, 11) is 0. The molecule has 0 spiro atoms. The van der Waals surface area contributed by atoms with Crippen LogP contribution in [-0.2, 0) is 5.88 Å². The van der Waals surface area contributed by atoms with Crippen molar-refractivity contribution in [3.8, 4) is 0 Å². The Hall–Kier alpha value is -1.05. The lowest BCUT2D eigenvalue weighted by molar-refractivity contribution is 1.44. The standard InChI is InChI=1S/C15H10BrCl/c16-15-13-8-4-3-6-11(13)10-5-1-2-7-12(10)14(15)9-17/h1-8H,9H2. The van der Waals surface area contributed by atoms with Crippen LogP contribution in [0.2, 0.25) is 0 Å². The minimum absolute atomic E-state index is 0.520. The molecule has 3 rings (SSSR count). The lowest BCUT2D eigenvalue weighted by Gasteiger charge is -2.11. The SMILES string of the molecule is ClCc1c(Br)c2ccccc2c2ccccc12. The van der Waals surface area contributed by atoms with Gasteiger partial charge in [0.15, 0.2) is 0 Å². The van der Waals surface area contributed by atoms with Crippen LogP contribution in [-0.4, -0.2) is 0 Å². The summed E-state index contributed by atoms with van der Waals surface area (Å²) in [6.07, 6.45) is 0. The molecule has 0 saturated heterocycles. The fraction of sp³-hybridized carbons (Fsp3) is 0.0667. The molecule has 0 saturated carbocycles. The zero-order valence-electron chi connectivity index (χ0n) is 9.08. The van der Waals surface area contributed by atoms with Crippen molar-refractivity contribution < 1.29 is 0 Å². The molecular formula is C15H10BrCl.